The normalized spacial score (nSPS) is 18.8. The SMILES string of the molecule is CN1C[C@@H](c2cccc(-c3cncnc3)c2)c2cc(Cl)cc(Cl)c2C1OC(=O)C(F)(F)F. The molecule has 1 unspecified atom stereocenters. The largest absolute Gasteiger partial charge is 0.490 e. The molecule has 166 valence electrons. The minimum atomic E-state index is -5.12. The van der Waals surface area contributed by atoms with Crippen molar-refractivity contribution in [1.29, 1.82) is 0 Å². The third kappa shape index (κ3) is 4.44. The molecule has 4 rings (SSSR count). The summed E-state index contributed by atoms with van der Waals surface area (Å²) in [5.41, 5.74) is 3.46. The molecule has 0 radical (unpaired) electrons. The Balaban J connectivity index is 1.79. The molecule has 2 heterocycles. The fourth-order valence-corrected chi connectivity index (χ4v) is 4.44. The summed E-state index contributed by atoms with van der Waals surface area (Å²) in [6.07, 6.45) is -1.61. The zero-order valence-corrected chi connectivity index (χ0v) is 18.1. The van der Waals surface area contributed by atoms with Gasteiger partial charge in [0.25, 0.3) is 0 Å². The van der Waals surface area contributed by atoms with Crippen molar-refractivity contribution in [2.24, 2.45) is 0 Å². The molecular formula is C22H16Cl2F3N3O2. The van der Waals surface area contributed by atoms with Crippen molar-refractivity contribution in [3.05, 3.63) is 81.9 Å². The van der Waals surface area contributed by atoms with Crippen LogP contribution in [0.4, 0.5) is 13.2 Å². The minimum Gasteiger partial charge on any atom is -0.435 e. The fraction of sp³-hybridized carbons (Fsp3) is 0.227. The van der Waals surface area contributed by atoms with E-state index in [4.69, 9.17) is 27.9 Å². The maximum Gasteiger partial charge on any atom is 0.490 e. The molecule has 2 aromatic carbocycles. The van der Waals surface area contributed by atoms with Gasteiger partial charge in [-0.3, -0.25) is 4.90 Å². The van der Waals surface area contributed by atoms with Crippen LogP contribution in [0.1, 0.15) is 28.8 Å². The highest BCUT2D eigenvalue weighted by Gasteiger charge is 2.45. The molecule has 1 aromatic heterocycles. The second kappa shape index (κ2) is 8.69. The molecule has 0 aliphatic carbocycles. The van der Waals surface area contributed by atoms with E-state index in [-0.39, 0.29) is 23.0 Å². The first-order chi connectivity index (χ1) is 15.1. The van der Waals surface area contributed by atoms with Crippen molar-refractivity contribution in [2.75, 3.05) is 13.6 Å². The van der Waals surface area contributed by atoms with Gasteiger partial charge < -0.3 is 4.74 Å². The summed E-state index contributed by atoms with van der Waals surface area (Å²) in [7, 11) is 1.57. The quantitative estimate of drug-likeness (QED) is 0.453. The molecule has 32 heavy (non-hydrogen) atoms. The Hall–Kier alpha value is -2.68. The topological polar surface area (TPSA) is 55.3 Å². The van der Waals surface area contributed by atoms with Gasteiger partial charge in [0.2, 0.25) is 0 Å². The van der Waals surface area contributed by atoms with Crippen LogP contribution in [0.5, 0.6) is 0 Å². The number of hydrogen-bond acceptors (Lipinski definition) is 5. The lowest BCUT2D eigenvalue weighted by Crippen LogP contribution is -2.40. The lowest BCUT2D eigenvalue weighted by atomic mass is 9.83. The maximum absolute atomic E-state index is 12.9. The Bertz CT molecular complexity index is 1160. The number of ether oxygens (including phenoxy) is 1. The third-order valence-electron chi connectivity index (χ3n) is 5.25. The van der Waals surface area contributed by atoms with Crippen LogP contribution < -0.4 is 0 Å². The molecule has 0 saturated heterocycles. The number of likely N-dealkylation sites (N-methyl/N-ethyl adjacent to an activating group) is 1. The van der Waals surface area contributed by atoms with Gasteiger partial charge in [0.1, 0.15) is 6.33 Å². The van der Waals surface area contributed by atoms with Gasteiger partial charge >= 0.3 is 12.1 Å². The second-order valence-electron chi connectivity index (χ2n) is 7.39. The number of aromatic nitrogens is 2. The molecule has 0 spiro atoms. The number of halogens is 5. The first-order valence-electron chi connectivity index (χ1n) is 9.47. The van der Waals surface area contributed by atoms with E-state index in [1.807, 2.05) is 24.3 Å². The summed E-state index contributed by atoms with van der Waals surface area (Å²) in [6.45, 7) is 0.272. The van der Waals surface area contributed by atoms with Crippen LogP contribution in [0.25, 0.3) is 11.1 Å². The summed E-state index contributed by atoms with van der Waals surface area (Å²) in [5, 5.41) is 0.452. The Labute approximate surface area is 191 Å². The van der Waals surface area contributed by atoms with Gasteiger partial charge in [-0.2, -0.15) is 13.2 Å². The van der Waals surface area contributed by atoms with Gasteiger partial charge in [-0.1, -0.05) is 47.5 Å². The molecule has 0 bridgehead atoms. The van der Waals surface area contributed by atoms with Gasteiger partial charge in [0.15, 0.2) is 6.23 Å². The number of carbonyl (C=O) groups excluding carboxylic acids is 1. The monoisotopic (exact) mass is 481 g/mol. The van der Waals surface area contributed by atoms with Crippen molar-refractivity contribution in [3.8, 4) is 11.1 Å². The highest BCUT2D eigenvalue weighted by Crippen LogP contribution is 2.45. The van der Waals surface area contributed by atoms with Gasteiger partial charge in [0, 0.05) is 41.0 Å². The fourth-order valence-electron chi connectivity index (χ4n) is 3.84. The number of rotatable bonds is 3. The highest BCUT2D eigenvalue weighted by atomic mass is 35.5. The molecule has 1 aliphatic rings. The zero-order valence-electron chi connectivity index (χ0n) is 16.6. The Morgan fingerprint density at radius 3 is 2.53 bits per heavy atom. The number of hydrogen-bond donors (Lipinski definition) is 0. The van der Waals surface area contributed by atoms with Crippen molar-refractivity contribution < 1.29 is 22.7 Å². The smallest absolute Gasteiger partial charge is 0.435 e. The lowest BCUT2D eigenvalue weighted by Gasteiger charge is -2.39. The number of nitrogens with zero attached hydrogens (tertiary/aromatic N) is 3. The predicted molar refractivity (Wildman–Crippen MR) is 113 cm³/mol. The van der Waals surface area contributed by atoms with E-state index in [1.165, 1.54) is 17.3 Å². The summed E-state index contributed by atoms with van der Waals surface area (Å²) in [6, 6.07) is 10.7. The molecular weight excluding hydrogens is 466 g/mol. The first kappa shape index (κ1) is 22.5. The molecule has 3 aromatic rings. The maximum atomic E-state index is 12.9. The minimum absolute atomic E-state index is 0.122. The first-order valence-corrected chi connectivity index (χ1v) is 10.2. The van der Waals surface area contributed by atoms with Gasteiger partial charge in [-0.15, -0.1) is 0 Å². The Morgan fingerprint density at radius 2 is 1.84 bits per heavy atom. The van der Waals surface area contributed by atoms with Crippen LogP contribution in [-0.4, -0.2) is 40.6 Å². The number of benzene rings is 2. The van der Waals surface area contributed by atoms with Gasteiger partial charge in [-0.25, -0.2) is 14.8 Å². The van der Waals surface area contributed by atoms with E-state index >= 15 is 0 Å². The van der Waals surface area contributed by atoms with E-state index in [2.05, 4.69) is 9.97 Å². The number of carbonyl (C=O) groups is 1. The van der Waals surface area contributed by atoms with Crippen LogP contribution >= 0.6 is 23.2 Å². The van der Waals surface area contributed by atoms with E-state index in [1.54, 1.807) is 25.5 Å². The molecule has 0 fully saturated rings. The highest BCUT2D eigenvalue weighted by molar-refractivity contribution is 6.35. The van der Waals surface area contributed by atoms with E-state index in [0.717, 1.165) is 16.7 Å². The average Bonchev–Trinajstić information content (AvgIpc) is 2.75. The van der Waals surface area contributed by atoms with Crippen LogP contribution in [0.2, 0.25) is 10.0 Å². The number of fused-ring (bicyclic) bond motifs is 1. The van der Waals surface area contributed by atoms with E-state index < -0.39 is 18.4 Å². The molecule has 2 atom stereocenters. The van der Waals surface area contributed by atoms with Crippen molar-refractivity contribution >= 4 is 29.2 Å². The van der Waals surface area contributed by atoms with Crippen molar-refractivity contribution in [1.82, 2.24) is 14.9 Å². The zero-order chi connectivity index (χ0) is 23.0. The molecule has 1 aliphatic heterocycles. The van der Waals surface area contributed by atoms with Crippen molar-refractivity contribution in [2.45, 2.75) is 18.3 Å². The molecule has 0 saturated carbocycles. The van der Waals surface area contributed by atoms with Crippen LogP contribution in [0.3, 0.4) is 0 Å². The van der Waals surface area contributed by atoms with Crippen molar-refractivity contribution in [3.63, 3.8) is 0 Å². The summed E-state index contributed by atoms with van der Waals surface area (Å²) in [5.74, 6) is -2.56. The molecule has 0 N–H and O–H groups in total. The summed E-state index contributed by atoms with van der Waals surface area (Å²) < 4.78 is 43.4. The Kier molecular flexibility index (Phi) is 6.11. The summed E-state index contributed by atoms with van der Waals surface area (Å²) in [4.78, 5) is 21.2. The van der Waals surface area contributed by atoms with E-state index in [9.17, 15) is 18.0 Å². The average molecular weight is 482 g/mol. The Morgan fingerprint density at radius 1 is 1.12 bits per heavy atom. The van der Waals surface area contributed by atoms with Crippen LogP contribution in [0.15, 0.2) is 55.1 Å². The molecule has 5 nitrogen and oxygen atoms in total. The number of alkyl halides is 3. The summed E-state index contributed by atoms with van der Waals surface area (Å²) >= 11 is 12.6. The predicted octanol–water partition coefficient (Wildman–Crippen LogP) is 5.63. The standard InChI is InChI=1S/C22H16Cl2F3N3O2/c1-30-10-17(13-4-2-3-12(5-13)14-8-28-11-29-9-14)16-6-15(23)7-18(24)19(16)20(30)32-21(31)22(25,26)27/h2-9,11,17,20H,10H2,1H3/t17-,20?/m0/s1. The van der Waals surface area contributed by atoms with Crippen LogP contribution in [0, 0.1) is 0 Å². The molecule has 0 amide bonds. The van der Waals surface area contributed by atoms with Crippen LogP contribution in [-0.2, 0) is 9.53 Å². The number of esters is 1. The second-order valence-corrected chi connectivity index (χ2v) is 8.23. The lowest BCUT2D eigenvalue weighted by molar-refractivity contribution is -0.213. The van der Waals surface area contributed by atoms with Gasteiger partial charge in [0.05, 0.1) is 5.02 Å². The molecule has 10 heteroatoms. The van der Waals surface area contributed by atoms with Gasteiger partial charge in [-0.05, 0) is 35.9 Å². The van der Waals surface area contributed by atoms with E-state index in [0.29, 0.717) is 10.6 Å². The third-order valence-corrected chi connectivity index (χ3v) is 5.78.